The Labute approximate surface area is 256 Å². The van der Waals surface area contributed by atoms with E-state index in [2.05, 4.69) is 46.5 Å². The number of aliphatic imine (C=N–C) groups is 1. The molecule has 0 fully saturated rings. The minimum absolute atomic E-state index is 0.0399. The minimum Gasteiger partial charge on any atom is -0.487 e. The summed E-state index contributed by atoms with van der Waals surface area (Å²) in [5.74, 6) is 3.63. The average molecular weight is 587 g/mol. The average Bonchev–Trinajstić information content (AvgIpc) is 2.91. The van der Waals surface area contributed by atoms with Crippen LogP contribution in [-0.2, 0) is 11.2 Å². The number of ether oxygens (including phenoxy) is 2. The Hall–Kier alpha value is -2.28. The molecule has 1 aromatic carbocycles. The number of benzene rings is 1. The van der Waals surface area contributed by atoms with Gasteiger partial charge in [-0.25, -0.2) is 4.79 Å². The summed E-state index contributed by atoms with van der Waals surface area (Å²) in [5, 5.41) is 0. The maximum Gasteiger partial charge on any atom is 0.328 e. The summed E-state index contributed by atoms with van der Waals surface area (Å²) >= 11 is 0. The summed E-state index contributed by atoms with van der Waals surface area (Å²) in [6.07, 6.45) is 14.6. The Morgan fingerprint density at radius 3 is 2.07 bits per heavy atom. The van der Waals surface area contributed by atoms with E-state index in [1.165, 1.54) is 51.4 Å². The van der Waals surface area contributed by atoms with Crippen molar-refractivity contribution in [2.75, 3.05) is 6.54 Å². The third-order valence-corrected chi connectivity index (χ3v) is 9.31. The van der Waals surface area contributed by atoms with Gasteiger partial charge in [-0.15, -0.1) is 0 Å². The molecule has 0 spiro atoms. The lowest BCUT2D eigenvalue weighted by Crippen LogP contribution is -2.37. The monoisotopic (exact) mass is 586 g/mol. The van der Waals surface area contributed by atoms with Gasteiger partial charge < -0.3 is 26.7 Å². The van der Waals surface area contributed by atoms with Gasteiger partial charge in [0.15, 0.2) is 5.96 Å². The van der Waals surface area contributed by atoms with E-state index in [1.54, 1.807) is 0 Å². The first kappa shape index (κ1) is 35.9. The number of guanidine groups is 1. The van der Waals surface area contributed by atoms with Gasteiger partial charge in [0, 0.05) is 12.1 Å². The van der Waals surface area contributed by atoms with Crippen LogP contribution in [0, 0.1) is 38.5 Å². The molecule has 1 aromatic rings. The summed E-state index contributed by atoms with van der Waals surface area (Å²) < 4.78 is 12.6. The number of hydrogen-bond acceptors (Lipinski definition) is 5. The SMILES string of the molecule is Cc1c(C)c2c(c(C)c1OC(=O)C(N)CCCN=C(N)N)CC[C@@](C)(CCC[C@H](C)CCC[C@H](C)CCCC(C)C)O2. The van der Waals surface area contributed by atoms with E-state index >= 15 is 0 Å². The topological polar surface area (TPSA) is 126 Å². The second-order valence-corrected chi connectivity index (χ2v) is 13.9. The highest BCUT2D eigenvalue weighted by Crippen LogP contribution is 2.45. The smallest absolute Gasteiger partial charge is 0.328 e. The van der Waals surface area contributed by atoms with Crippen LogP contribution in [-0.4, -0.2) is 30.1 Å². The molecule has 7 nitrogen and oxygen atoms in total. The predicted octanol–water partition coefficient (Wildman–Crippen LogP) is 7.42. The summed E-state index contributed by atoms with van der Waals surface area (Å²) in [6, 6.07) is -0.727. The number of carbonyl (C=O) groups excluding carboxylic acids is 1. The quantitative estimate of drug-likeness (QED) is 0.0540. The number of nitrogens with two attached hydrogens (primary N) is 3. The number of rotatable bonds is 18. The van der Waals surface area contributed by atoms with Crippen molar-refractivity contribution in [2.45, 2.75) is 151 Å². The Balaban J connectivity index is 1.89. The third-order valence-electron chi connectivity index (χ3n) is 9.31. The number of carbonyl (C=O) groups is 1. The van der Waals surface area contributed by atoms with E-state index in [0.29, 0.717) is 25.1 Å². The highest BCUT2D eigenvalue weighted by Gasteiger charge is 2.35. The van der Waals surface area contributed by atoms with Crippen molar-refractivity contribution >= 4 is 11.9 Å². The van der Waals surface area contributed by atoms with E-state index in [9.17, 15) is 4.79 Å². The first-order valence-electron chi connectivity index (χ1n) is 16.6. The molecule has 1 heterocycles. The Kier molecular flexibility index (Phi) is 14.6. The van der Waals surface area contributed by atoms with Crippen LogP contribution in [0.2, 0.25) is 0 Å². The van der Waals surface area contributed by atoms with E-state index < -0.39 is 12.0 Å². The summed E-state index contributed by atoms with van der Waals surface area (Å²) in [5.41, 5.74) is 20.8. The fourth-order valence-electron chi connectivity index (χ4n) is 6.23. The third kappa shape index (κ3) is 11.4. The molecular formula is C35H62N4O3. The second-order valence-electron chi connectivity index (χ2n) is 13.9. The first-order valence-corrected chi connectivity index (χ1v) is 16.6. The van der Waals surface area contributed by atoms with Gasteiger partial charge in [-0.3, -0.25) is 4.99 Å². The zero-order valence-corrected chi connectivity index (χ0v) is 28.1. The minimum atomic E-state index is -0.727. The van der Waals surface area contributed by atoms with Crippen molar-refractivity contribution < 1.29 is 14.3 Å². The highest BCUT2D eigenvalue weighted by molar-refractivity contribution is 5.79. The molecule has 7 heteroatoms. The zero-order valence-electron chi connectivity index (χ0n) is 28.1. The van der Waals surface area contributed by atoms with Crippen LogP contribution in [0.3, 0.4) is 0 Å². The van der Waals surface area contributed by atoms with Gasteiger partial charge in [-0.2, -0.15) is 0 Å². The second kappa shape index (κ2) is 17.1. The Bertz CT molecular complexity index is 1030. The molecule has 1 aliphatic rings. The van der Waals surface area contributed by atoms with Crippen LogP contribution < -0.4 is 26.7 Å². The fourth-order valence-corrected chi connectivity index (χ4v) is 6.23. The molecule has 0 radical (unpaired) electrons. The van der Waals surface area contributed by atoms with Crippen molar-refractivity contribution in [3.8, 4) is 11.5 Å². The molecule has 42 heavy (non-hydrogen) atoms. The normalized spacial score (nSPS) is 18.6. The van der Waals surface area contributed by atoms with Crippen molar-refractivity contribution in [3.05, 3.63) is 22.3 Å². The molecule has 0 aliphatic carbocycles. The van der Waals surface area contributed by atoms with E-state index in [1.807, 2.05) is 13.8 Å². The number of esters is 1. The number of hydrogen-bond donors (Lipinski definition) is 3. The highest BCUT2D eigenvalue weighted by atomic mass is 16.5. The molecule has 0 bridgehead atoms. The molecule has 0 saturated heterocycles. The summed E-state index contributed by atoms with van der Waals surface area (Å²) in [6.45, 7) is 18.3. The lowest BCUT2D eigenvalue weighted by atomic mass is 9.83. The van der Waals surface area contributed by atoms with Crippen LogP contribution in [0.25, 0.3) is 0 Å². The lowest BCUT2D eigenvalue weighted by Gasteiger charge is -2.38. The molecule has 4 atom stereocenters. The van der Waals surface area contributed by atoms with Gasteiger partial charge in [0.2, 0.25) is 0 Å². The maximum absolute atomic E-state index is 12.8. The predicted molar refractivity (Wildman–Crippen MR) is 176 cm³/mol. The molecule has 1 aliphatic heterocycles. The Morgan fingerprint density at radius 2 is 1.48 bits per heavy atom. The molecule has 1 unspecified atom stereocenters. The van der Waals surface area contributed by atoms with Gasteiger partial charge in [-0.1, -0.05) is 72.6 Å². The van der Waals surface area contributed by atoms with Crippen LogP contribution in [0.4, 0.5) is 0 Å². The molecular weight excluding hydrogens is 524 g/mol. The van der Waals surface area contributed by atoms with Gasteiger partial charge in [0.1, 0.15) is 23.1 Å². The summed E-state index contributed by atoms with van der Waals surface area (Å²) in [4.78, 5) is 16.7. The Morgan fingerprint density at radius 1 is 0.881 bits per heavy atom. The zero-order chi connectivity index (χ0) is 31.4. The number of fused-ring (bicyclic) bond motifs is 1. The van der Waals surface area contributed by atoms with Gasteiger partial charge in [0.05, 0.1) is 0 Å². The first-order chi connectivity index (χ1) is 19.7. The molecule has 240 valence electrons. The van der Waals surface area contributed by atoms with Gasteiger partial charge in [0.25, 0.3) is 0 Å². The van der Waals surface area contributed by atoms with Gasteiger partial charge >= 0.3 is 5.97 Å². The van der Waals surface area contributed by atoms with E-state index in [4.69, 9.17) is 26.7 Å². The van der Waals surface area contributed by atoms with Gasteiger partial charge in [-0.05, 0) is 101 Å². The summed E-state index contributed by atoms with van der Waals surface area (Å²) in [7, 11) is 0. The van der Waals surface area contributed by atoms with Crippen molar-refractivity contribution in [2.24, 2.45) is 39.9 Å². The van der Waals surface area contributed by atoms with Crippen LogP contribution in [0.1, 0.15) is 134 Å². The number of nitrogens with zero attached hydrogens (tertiary/aromatic N) is 1. The van der Waals surface area contributed by atoms with Crippen molar-refractivity contribution in [3.63, 3.8) is 0 Å². The maximum atomic E-state index is 12.8. The largest absolute Gasteiger partial charge is 0.487 e. The molecule has 0 saturated carbocycles. The van der Waals surface area contributed by atoms with Crippen molar-refractivity contribution in [1.82, 2.24) is 0 Å². The van der Waals surface area contributed by atoms with Crippen LogP contribution in [0.5, 0.6) is 11.5 Å². The molecule has 0 amide bonds. The molecule has 2 rings (SSSR count). The molecule has 6 N–H and O–H groups in total. The van der Waals surface area contributed by atoms with E-state index in [0.717, 1.165) is 65.0 Å². The lowest BCUT2D eigenvalue weighted by molar-refractivity contribution is -0.136. The molecule has 0 aromatic heterocycles. The standard InChI is InChI=1S/C35H62N4O3/c1-23(2)13-9-14-24(3)15-10-16-25(4)17-11-20-35(8)21-19-29-28(7)31(26(5)27(6)32(29)42-35)41-33(40)30(36)18-12-22-39-34(37)38/h23-25,30H,9-22,36H2,1-8H3,(H4,37,38,39)/t24-,25-,30?,35-/m1/s1. The fraction of sp³-hybridized carbons (Fsp3) is 0.771. The van der Waals surface area contributed by atoms with E-state index in [-0.39, 0.29) is 11.6 Å². The van der Waals surface area contributed by atoms with Crippen LogP contribution >= 0.6 is 0 Å². The van der Waals surface area contributed by atoms with Crippen molar-refractivity contribution in [1.29, 1.82) is 0 Å². The van der Waals surface area contributed by atoms with Crippen LogP contribution in [0.15, 0.2) is 4.99 Å².